The van der Waals surface area contributed by atoms with Crippen molar-refractivity contribution in [3.8, 4) is 0 Å². The van der Waals surface area contributed by atoms with Crippen molar-refractivity contribution >= 4 is 17.4 Å². The molecule has 0 aliphatic carbocycles. The second kappa shape index (κ2) is 6.49. The van der Waals surface area contributed by atoms with Crippen LogP contribution in [0.5, 0.6) is 0 Å². The summed E-state index contributed by atoms with van der Waals surface area (Å²) < 4.78 is 0. The first kappa shape index (κ1) is 15.4. The Hall–Kier alpha value is -2.66. The molecule has 0 aromatic heterocycles. The van der Waals surface area contributed by atoms with Gasteiger partial charge >= 0.3 is 5.97 Å². The number of nitrogens with two attached hydrogens (primary N) is 1. The second-order valence-corrected chi connectivity index (χ2v) is 4.14. The second-order valence-electron chi connectivity index (χ2n) is 4.14. The van der Waals surface area contributed by atoms with Gasteiger partial charge in [-0.05, 0) is 11.6 Å². The SMILES string of the molecule is Nc1c(CC(=O)O)cccc1C(=O)c1ccccc1.O. The monoisotopic (exact) mass is 273 g/mol. The molecule has 5 nitrogen and oxygen atoms in total. The molecule has 0 aliphatic rings. The molecule has 0 unspecified atom stereocenters. The van der Waals surface area contributed by atoms with E-state index in [1.54, 1.807) is 42.5 Å². The summed E-state index contributed by atoms with van der Waals surface area (Å²) in [6.45, 7) is 0. The fraction of sp³-hybridized carbons (Fsp3) is 0.0667. The van der Waals surface area contributed by atoms with Crippen LogP contribution in [0.25, 0.3) is 0 Å². The van der Waals surface area contributed by atoms with E-state index in [1.807, 2.05) is 6.07 Å². The topological polar surface area (TPSA) is 112 Å². The molecule has 0 amide bonds. The highest BCUT2D eigenvalue weighted by Gasteiger charge is 2.15. The van der Waals surface area contributed by atoms with Crippen LogP contribution >= 0.6 is 0 Å². The maximum Gasteiger partial charge on any atom is 0.307 e. The minimum absolute atomic E-state index is 0. The lowest BCUT2D eigenvalue weighted by Crippen LogP contribution is -2.10. The van der Waals surface area contributed by atoms with Gasteiger partial charge in [-0.3, -0.25) is 9.59 Å². The normalized spacial score (nSPS) is 9.60. The number of carboxylic acid groups (broad SMARTS) is 1. The highest BCUT2D eigenvalue weighted by molar-refractivity contribution is 6.12. The number of carboxylic acids is 1. The van der Waals surface area contributed by atoms with E-state index in [1.165, 1.54) is 0 Å². The van der Waals surface area contributed by atoms with Crippen LogP contribution in [0.2, 0.25) is 0 Å². The summed E-state index contributed by atoms with van der Waals surface area (Å²) in [6.07, 6.45) is -0.193. The van der Waals surface area contributed by atoms with E-state index in [0.29, 0.717) is 16.7 Å². The zero-order valence-corrected chi connectivity index (χ0v) is 10.7. The van der Waals surface area contributed by atoms with Crippen LogP contribution in [0.15, 0.2) is 48.5 Å². The Bertz CT molecular complexity index is 623. The Balaban J connectivity index is 0.00000200. The van der Waals surface area contributed by atoms with Crippen molar-refractivity contribution in [3.05, 3.63) is 65.2 Å². The van der Waals surface area contributed by atoms with Crippen molar-refractivity contribution in [1.29, 1.82) is 0 Å². The number of anilines is 1. The molecule has 0 saturated heterocycles. The van der Waals surface area contributed by atoms with E-state index in [0.717, 1.165) is 0 Å². The van der Waals surface area contributed by atoms with Crippen LogP contribution in [-0.2, 0) is 11.2 Å². The number of nitrogen functional groups attached to an aromatic ring is 1. The van der Waals surface area contributed by atoms with Crippen molar-refractivity contribution < 1.29 is 20.2 Å². The van der Waals surface area contributed by atoms with E-state index in [9.17, 15) is 9.59 Å². The van der Waals surface area contributed by atoms with Gasteiger partial charge in [0.1, 0.15) is 0 Å². The molecule has 20 heavy (non-hydrogen) atoms. The minimum atomic E-state index is -0.976. The third-order valence-electron chi connectivity index (χ3n) is 2.82. The Morgan fingerprint density at radius 1 is 1.00 bits per heavy atom. The zero-order chi connectivity index (χ0) is 13.8. The maximum absolute atomic E-state index is 12.3. The summed E-state index contributed by atoms with van der Waals surface area (Å²) in [5.74, 6) is -1.18. The first-order chi connectivity index (χ1) is 9.09. The number of rotatable bonds is 4. The largest absolute Gasteiger partial charge is 0.481 e. The van der Waals surface area contributed by atoms with Gasteiger partial charge in [-0.2, -0.15) is 0 Å². The summed E-state index contributed by atoms with van der Waals surface area (Å²) in [5, 5.41) is 8.80. The fourth-order valence-electron chi connectivity index (χ4n) is 1.87. The number of carbonyl (C=O) groups is 2. The first-order valence-corrected chi connectivity index (χ1v) is 5.78. The van der Waals surface area contributed by atoms with Gasteiger partial charge in [0, 0.05) is 16.8 Å². The predicted octanol–water partition coefficient (Wildman–Crippen LogP) is 1.30. The summed E-state index contributed by atoms with van der Waals surface area (Å²) in [5.41, 5.74) is 7.44. The Morgan fingerprint density at radius 3 is 2.25 bits per heavy atom. The van der Waals surface area contributed by atoms with Crippen molar-refractivity contribution in [2.24, 2.45) is 0 Å². The molecule has 0 radical (unpaired) electrons. The summed E-state index contributed by atoms with van der Waals surface area (Å²) in [7, 11) is 0. The van der Waals surface area contributed by atoms with Crippen LogP contribution in [0.4, 0.5) is 5.69 Å². The number of hydrogen-bond donors (Lipinski definition) is 2. The van der Waals surface area contributed by atoms with Crippen LogP contribution in [-0.4, -0.2) is 22.3 Å². The molecule has 2 aromatic rings. The predicted molar refractivity (Wildman–Crippen MR) is 75.7 cm³/mol. The third-order valence-corrected chi connectivity index (χ3v) is 2.82. The number of aliphatic carboxylic acids is 1. The van der Waals surface area contributed by atoms with E-state index < -0.39 is 5.97 Å². The number of carbonyl (C=O) groups excluding carboxylic acids is 1. The smallest absolute Gasteiger partial charge is 0.307 e. The first-order valence-electron chi connectivity index (χ1n) is 5.78. The molecule has 2 aromatic carbocycles. The van der Waals surface area contributed by atoms with Crippen molar-refractivity contribution in [3.63, 3.8) is 0 Å². The Labute approximate surface area is 116 Å². The quantitative estimate of drug-likeness (QED) is 0.645. The van der Waals surface area contributed by atoms with Crippen molar-refractivity contribution in [2.75, 3.05) is 5.73 Å². The average molecular weight is 273 g/mol. The molecule has 5 heteroatoms. The van der Waals surface area contributed by atoms with Gasteiger partial charge in [0.25, 0.3) is 0 Å². The van der Waals surface area contributed by atoms with E-state index in [4.69, 9.17) is 10.8 Å². The Morgan fingerprint density at radius 2 is 1.65 bits per heavy atom. The number of hydrogen-bond acceptors (Lipinski definition) is 3. The summed E-state index contributed by atoms with van der Waals surface area (Å²) in [4.78, 5) is 23.0. The molecule has 5 N–H and O–H groups in total. The molecule has 0 aliphatic heterocycles. The zero-order valence-electron chi connectivity index (χ0n) is 10.7. The standard InChI is InChI=1S/C15H13NO3.H2O/c16-14-11(9-13(17)18)7-4-8-12(14)15(19)10-5-2-1-3-6-10;/h1-8H,9,16H2,(H,17,18);1H2. The third kappa shape index (κ3) is 3.21. The molecular formula is C15H15NO4. The van der Waals surface area contributed by atoms with Crippen LogP contribution in [0, 0.1) is 0 Å². The van der Waals surface area contributed by atoms with Crippen LogP contribution < -0.4 is 5.73 Å². The van der Waals surface area contributed by atoms with Gasteiger partial charge in [-0.1, -0.05) is 42.5 Å². The molecule has 0 saturated carbocycles. The van der Waals surface area contributed by atoms with Crippen LogP contribution in [0.1, 0.15) is 21.5 Å². The lowest BCUT2D eigenvalue weighted by Gasteiger charge is -2.09. The van der Waals surface area contributed by atoms with Gasteiger partial charge in [0.15, 0.2) is 5.78 Å². The Kier molecular flexibility index (Phi) is 5.00. The lowest BCUT2D eigenvalue weighted by molar-refractivity contribution is -0.136. The lowest BCUT2D eigenvalue weighted by atomic mass is 9.98. The maximum atomic E-state index is 12.3. The van der Waals surface area contributed by atoms with E-state index in [-0.39, 0.29) is 23.4 Å². The molecule has 0 fully saturated rings. The molecule has 0 heterocycles. The molecule has 0 bridgehead atoms. The summed E-state index contributed by atoms with van der Waals surface area (Å²) in [6, 6.07) is 13.6. The fourth-order valence-corrected chi connectivity index (χ4v) is 1.87. The summed E-state index contributed by atoms with van der Waals surface area (Å²) >= 11 is 0. The van der Waals surface area contributed by atoms with Gasteiger partial charge in [-0.15, -0.1) is 0 Å². The highest BCUT2D eigenvalue weighted by Crippen LogP contribution is 2.21. The molecule has 2 rings (SSSR count). The molecule has 104 valence electrons. The highest BCUT2D eigenvalue weighted by atomic mass is 16.4. The molecule has 0 atom stereocenters. The number of para-hydroxylation sites is 1. The number of ketones is 1. The average Bonchev–Trinajstić information content (AvgIpc) is 2.41. The van der Waals surface area contributed by atoms with Gasteiger partial charge in [0.2, 0.25) is 0 Å². The van der Waals surface area contributed by atoms with Crippen LogP contribution in [0.3, 0.4) is 0 Å². The number of benzene rings is 2. The van der Waals surface area contributed by atoms with E-state index >= 15 is 0 Å². The minimum Gasteiger partial charge on any atom is -0.481 e. The molecular weight excluding hydrogens is 258 g/mol. The van der Waals surface area contributed by atoms with Gasteiger partial charge < -0.3 is 16.3 Å². The van der Waals surface area contributed by atoms with E-state index in [2.05, 4.69) is 0 Å². The molecule has 0 spiro atoms. The van der Waals surface area contributed by atoms with Crippen molar-refractivity contribution in [1.82, 2.24) is 0 Å². The van der Waals surface area contributed by atoms with Gasteiger partial charge in [-0.25, -0.2) is 0 Å². The van der Waals surface area contributed by atoms with Crippen molar-refractivity contribution in [2.45, 2.75) is 6.42 Å². The van der Waals surface area contributed by atoms with Gasteiger partial charge in [0.05, 0.1) is 6.42 Å².